The van der Waals surface area contributed by atoms with Crippen LogP contribution in [0.4, 0.5) is 5.13 Å². The van der Waals surface area contributed by atoms with Crippen molar-refractivity contribution in [3.05, 3.63) is 35.2 Å². The molecular formula is C13H17N3OS. The second-order valence-electron chi connectivity index (χ2n) is 4.59. The first kappa shape index (κ1) is 11.7. The fourth-order valence-corrected chi connectivity index (χ4v) is 2.90. The molecule has 0 aromatic carbocycles. The first-order chi connectivity index (χ1) is 8.86. The molecule has 0 spiro atoms. The molecule has 0 amide bonds. The SMILES string of the molecule is CNCc1csc(N(Cc2ccco2)C2CC2)n1. The minimum absolute atomic E-state index is 0.642. The maximum atomic E-state index is 5.44. The molecule has 96 valence electrons. The van der Waals surface area contributed by atoms with E-state index in [1.54, 1.807) is 17.6 Å². The van der Waals surface area contributed by atoms with Crippen LogP contribution < -0.4 is 10.2 Å². The average molecular weight is 263 g/mol. The highest BCUT2D eigenvalue weighted by molar-refractivity contribution is 7.13. The lowest BCUT2D eigenvalue weighted by atomic mass is 10.4. The van der Waals surface area contributed by atoms with Crippen LogP contribution in [0.5, 0.6) is 0 Å². The zero-order valence-corrected chi connectivity index (χ0v) is 11.2. The fourth-order valence-electron chi connectivity index (χ4n) is 2.00. The summed E-state index contributed by atoms with van der Waals surface area (Å²) < 4.78 is 5.44. The Morgan fingerprint density at radius 2 is 2.44 bits per heavy atom. The van der Waals surface area contributed by atoms with Gasteiger partial charge in [-0.3, -0.25) is 0 Å². The van der Waals surface area contributed by atoms with Crippen LogP contribution in [0, 0.1) is 0 Å². The molecule has 2 aromatic heterocycles. The van der Waals surface area contributed by atoms with Crippen molar-refractivity contribution in [2.45, 2.75) is 32.0 Å². The van der Waals surface area contributed by atoms with Gasteiger partial charge in [-0.05, 0) is 32.0 Å². The minimum atomic E-state index is 0.642. The predicted molar refractivity (Wildman–Crippen MR) is 72.8 cm³/mol. The fraction of sp³-hybridized carbons (Fsp3) is 0.462. The molecule has 0 unspecified atom stereocenters. The molecule has 2 heterocycles. The van der Waals surface area contributed by atoms with Crippen molar-refractivity contribution < 1.29 is 4.42 Å². The lowest BCUT2D eigenvalue weighted by molar-refractivity contribution is 0.501. The standard InChI is InChI=1S/C13H17N3OS/c1-14-7-10-9-18-13(15-10)16(11-4-5-11)8-12-3-2-6-17-12/h2-3,6,9,11,14H,4-5,7-8H2,1H3. The summed E-state index contributed by atoms with van der Waals surface area (Å²) in [6, 6.07) is 4.61. The van der Waals surface area contributed by atoms with E-state index in [-0.39, 0.29) is 0 Å². The smallest absolute Gasteiger partial charge is 0.186 e. The van der Waals surface area contributed by atoms with E-state index >= 15 is 0 Å². The summed E-state index contributed by atoms with van der Waals surface area (Å²) in [4.78, 5) is 7.05. The third-order valence-electron chi connectivity index (χ3n) is 3.04. The van der Waals surface area contributed by atoms with Gasteiger partial charge in [0.05, 0.1) is 18.5 Å². The van der Waals surface area contributed by atoms with E-state index in [4.69, 9.17) is 4.42 Å². The number of nitrogens with zero attached hydrogens (tertiary/aromatic N) is 2. The monoisotopic (exact) mass is 263 g/mol. The third kappa shape index (κ3) is 2.57. The summed E-state index contributed by atoms with van der Waals surface area (Å²) in [6.07, 6.45) is 4.26. The molecule has 0 saturated heterocycles. The van der Waals surface area contributed by atoms with Crippen LogP contribution in [-0.2, 0) is 13.1 Å². The van der Waals surface area contributed by atoms with E-state index in [0.29, 0.717) is 6.04 Å². The second-order valence-corrected chi connectivity index (χ2v) is 5.43. The molecule has 18 heavy (non-hydrogen) atoms. The molecule has 4 nitrogen and oxygen atoms in total. The Hall–Kier alpha value is -1.33. The number of furan rings is 1. The molecule has 1 fully saturated rings. The van der Waals surface area contributed by atoms with Crippen molar-refractivity contribution in [3.63, 3.8) is 0 Å². The highest BCUT2D eigenvalue weighted by Crippen LogP contribution is 2.34. The van der Waals surface area contributed by atoms with Crippen LogP contribution in [0.3, 0.4) is 0 Å². The maximum Gasteiger partial charge on any atom is 0.186 e. The van der Waals surface area contributed by atoms with Gasteiger partial charge in [0.25, 0.3) is 0 Å². The number of rotatable bonds is 6. The van der Waals surface area contributed by atoms with Crippen LogP contribution in [-0.4, -0.2) is 18.1 Å². The van der Waals surface area contributed by atoms with Gasteiger partial charge in [0.1, 0.15) is 5.76 Å². The largest absolute Gasteiger partial charge is 0.467 e. The lowest BCUT2D eigenvalue weighted by Gasteiger charge is -2.19. The number of hydrogen-bond donors (Lipinski definition) is 1. The molecular weight excluding hydrogens is 246 g/mol. The van der Waals surface area contributed by atoms with Crippen molar-refractivity contribution in [2.75, 3.05) is 11.9 Å². The number of anilines is 1. The van der Waals surface area contributed by atoms with E-state index in [1.165, 1.54) is 12.8 Å². The van der Waals surface area contributed by atoms with Crippen molar-refractivity contribution in [1.82, 2.24) is 10.3 Å². The summed E-state index contributed by atoms with van der Waals surface area (Å²) in [6.45, 7) is 1.65. The van der Waals surface area contributed by atoms with Crippen LogP contribution in [0.25, 0.3) is 0 Å². The Kier molecular flexibility index (Phi) is 3.34. The summed E-state index contributed by atoms with van der Waals surface area (Å²) >= 11 is 1.72. The molecule has 1 N–H and O–H groups in total. The summed E-state index contributed by atoms with van der Waals surface area (Å²) in [5, 5.41) is 6.37. The van der Waals surface area contributed by atoms with E-state index in [1.807, 2.05) is 19.2 Å². The third-order valence-corrected chi connectivity index (χ3v) is 3.96. The zero-order valence-electron chi connectivity index (χ0n) is 10.4. The highest BCUT2D eigenvalue weighted by Gasteiger charge is 2.31. The summed E-state index contributed by atoms with van der Waals surface area (Å²) in [5.41, 5.74) is 1.11. The highest BCUT2D eigenvalue weighted by atomic mass is 32.1. The van der Waals surface area contributed by atoms with Crippen LogP contribution >= 0.6 is 11.3 Å². The first-order valence-electron chi connectivity index (χ1n) is 6.25. The molecule has 0 bridgehead atoms. The van der Waals surface area contributed by atoms with Crippen molar-refractivity contribution >= 4 is 16.5 Å². The Bertz CT molecular complexity index is 490. The van der Waals surface area contributed by atoms with Gasteiger partial charge < -0.3 is 14.6 Å². The van der Waals surface area contributed by atoms with Gasteiger partial charge in [-0.15, -0.1) is 11.3 Å². The number of hydrogen-bond acceptors (Lipinski definition) is 5. The second kappa shape index (κ2) is 5.12. The van der Waals surface area contributed by atoms with Gasteiger partial charge in [-0.2, -0.15) is 0 Å². The number of thiazole rings is 1. The van der Waals surface area contributed by atoms with Crippen molar-refractivity contribution in [3.8, 4) is 0 Å². The minimum Gasteiger partial charge on any atom is -0.467 e. The number of nitrogens with one attached hydrogen (secondary N) is 1. The quantitative estimate of drug-likeness (QED) is 0.870. The van der Waals surface area contributed by atoms with E-state index in [2.05, 4.69) is 20.6 Å². The number of aromatic nitrogens is 1. The summed E-state index contributed by atoms with van der Waals surface area (Å²) in [5.74, 6) is 1.01. The van der Waals surface area contributed by atoms with Crippen LogP contribution in [0.2, 0.25) is 0 Å². The maximum absolute atomic E-state index is 5.44. The zero-order chi connectivity index (χ0) is 12.4. The molecule has 2 aromatic rings. The lowest BCUT2D eigenvalue weighted by Crippen LogP contribution is -2.24. The van der Waals surface area contributed by atoms with Gasteiger partial charge in [0.2, 0.25) is 0 Å². The molecule has 3 rings (SSSR count). The molecule has 0 aliphatic heterocycles. The molecule has 1 saturated carbocycles. The average Bonchev–Trinajstić information content (AvgIpc) is 2.89. The van der Waals surface area contributed by atoms with E-state index < -0.39 is 0 Å². The Labute approximate surface area is 111 Å². The Morgan fingerprint density at radius 1 is 1.56 bits per heavy atom. The molecule has 0 atom stereocenters. The van der Waals surface area contributed by atoms with Gasteiger partial charge in [-0.25, -0.2) is 4.98 Å². The first-order valence-corrected chi connectivity index (χ1v) is 7.13. The Morgan fingerprint density at radius 3 is 3.11 bits per heavy atom. The molecule has 1 aliphatic rings. The molecule has 1 aliphatic carbocycles. The van der Waals surface area contributed by atoms with Crippen molar-refractivity contribution in [1.29, 1.82) is 0 Å². The van der Waals surface area contributed by atoms with Gasteiger partial charge in [0, 0.05) is 18.0 Å². The van der Waals surface area contributed by atoms with Crippen LogP contribution in [0.1, 0.15) is 24.3 Å². The van der Waals surface area contributed by atoms with Gasteiger partial charge in [-0.1, -0.05) is 0 Å². The molecule has 5 heteroatoms. The predicted octanol–water partition coefficient (Wildman–Crippen LogP) is 2.62. The van der Waals surface area contributed by atoms with Gasteiger partial charge >= 0.3 is 0 Å². The topological polar surface area (TPSA) is 41.3 Å². The van der Waals surface area contributed by atoms with E-state index in [0.717, 1.165) is 29.7 Å². The molecule has 0 radical (unpaired) electrons. The van der Waals surface area contributed by atoms with Crippen molar-refractivity contribution in [2.24, 2.45) is 0 Å². The Balaban J connectivity index is 1.76. The van der Waals surface area contributed by atoms with Gasteiger partial charge in [0.15, 0.2) is 5.13 Å². The summed E-state index contributed by atoms with van der Waals surface area (Å²) in [7, 11) is 1.94. The normalized spacial score (nSPS) is 14.9. The van der Waals surface area contributed by atoms with Crippen LogP contribution in [0.15, 0.2) is 28.2 Å². The van der Waals surface area contributed by atoms with E-state index in [9.17, 15) is 0 Å².